The first-order chi connectivity index (χ1) is 9.13. The smallest absolute Gasteiger partial charge is 0.336 e. The number of ether oxygens (including phenoxy) is 1. The van der Waals surface area contributed by atoms with Crippen LogP contribution in [0.3, 0.4) is 0 Å². The third-order valence-electron chi connectivity index (χ3n) is 2.99. The second-order valence-electron chi connectivity index (χ2n) is 4.47. The van der Waals surface area contributed by atoms with E-state index >= 15 is 0 Å². The standard InChI is InChI=1S/C14H15NO4/c1-19-14(18)11(15-13(17)10-7-8-10)12(16)9-5-3-2-4-6-9/h2-6,10-11H,7-8H2,1H3,(H,15,17). The molecule has 1 fully saturated rings. The molecule has 5 nitrogen and oxygen atoms in total. The average molecular weight is 261 g/mol. The summed E-state index contributed by atoms with van der Waals surface area (Å²) < 4.78 is 4.58. The van der Waals surface area contributed by atoms with E-state index in [9.17, 15) is 14.4 Å². The van der Waals surface area contributed by atoms with Crippen molar-refractivity contribution in [2.75, 3.05) is 7.11 Å². The largest absolute Gasteiger partial charge is 0.467 e. The topological polar surface area (TPSA) is 72.5 Å². The number of methoxy groups -OCH3 is 1. The fourth-order valence-corrected chi connectivity index (χ4v) is 1.72. The van der Waals surface area contributed by atoms with E-state index < -0.39 is 17.8 Å². The lowest BCUT2D eigenvalue weighted by Crippen LogP contribution is -2.47. The van der Waals surface area contributed by atoms with Crippen molar-refractivity contribution in [3.63, 3.8) is 0 Å². The van der Waals surface area contributed by atoms with Crippen molar-refractivity contribution >= 4 is 17.7 Å². The summed E-state index contributed by atoms with van der Waals surface area (Å²) in [6, 6.07) is 7.10. The van der Waals surface area contributed by atoms with Crippen LogP contribution < -0.4 is 5.32 Å². The highest BCUT2D eigenvalue weighted by molar-refractivity contribution is 6.13. The van der Waals surface area contributed by atoms with Gasteiger partial charge in [0.2, 0.25) is 5.91 Å². The van der Waals surface area contributed by atoms with Gasteiger partial charge >= 0.3 is 5.97 Å². The monoisotopic (exact) mass is 261 g/mol. The van der Waals surface area contributed by atoms with Crippen molar-refractivity contribution in [1.82, 2.24) is 5.32 Å². The highest BCUT2D eigenvalue weighted by Crippen LogP contribution is 2.29. The van der Waals surface area contributed by atoms with E-state index in [2.05, 4.69) is 10.1 Å². The number of ketones is 1. The van der Waals surface area contributed by atoms with Gasteiger partial charge in [-0.15, -0.1) is 0 Å². The summed E-state index contributed by atoms with van der Waals surface area (Å²) in [6.45, 7) is 0. The third-order valence-corrected chi connectivity index (χ3v) is 2.99. The molecule has 19 heavy (non-hydrogen) atoms. The highest BCUT2D eigenvalue weighted by Gasteiger charge is 2.36. The van der Waals surface area contributed by atoms with Crippen LogP contribution in [0.4, 0.5) is 0 Å². The fourth-order valence-electron chi connectivity index (χ4n) is 1.72. The summed E-state index contributed by atoms with van der Waals surface area (Å²) in [7, 11) is 1.19. The van der Waals surface area contributed by atoms with E-state index in [4.69, 9.17) is 0 Å². The summed E-state index contributed by atoms with van der Waals surface area (Å²) >= 11 is 0. The molecule has 5 heteroatoms. The number of benzene rings is 1. The summed E-state index contributed by atoms with van der Waals surface area (Å²) in [5.41, 5.74) is 0.369. The molecule has 1 aliphatic rings. The van der Waals surface area contributed by atoms with Gasteiger partial charge in [0, 0.05) is 11.5 Å². The van der Waals surface area contributed by atoms with Gasteiger partial charge in [-0.2, -0.15) is 0 Å². The van der Waals surface area contributed by atoms with E-state index in [0.29, 0.717) is 5.56 Å². The van der Waals surface area contributed by atoms with Crippen molar-refractivity contribution in [2.45, 2.75) is 18.9 Å². The number of nitrogens with one attached hydrogen (secondary N) is 1. The Labute approximate surface area is 110 Å². The minimum absolute atomic E-state index is 0.0734. The Morgan fingerprint density at radius 1 is 1.21 bits per heavy atom. The lowest BCUT2D eigenvalue weighted by molar-refractivity contribution is -0.143. The molecule has 1 amide bonds. The van der Waals surface area contributed by atoms with Crippen molar-refractivity contribution < 1.29 is 19.1 Å². The normalized spacial score (nSPS) is 15.4. The second-order valence-corrected chi connectivity index (χ2v) is 4.47. The van der Waals surface area contributed by atoms with Crippen LogP contribution in [-0.2, 0) is 14.3 Å². The van der Waals surface area contributed by atoms with Crippen LogP contribution in [0.2, 0.25) is 0 Å². The van der Waals surface area contributed by atoms with E-state index in [1.807, 2.05) is 0 Å². The Hall–Kier alpha value is -2.17. The van der Waals surface area contributed by atoms with Crippen molar-refractivity contribution in [3.8, 4) is 0 Å². The molecular formula is C14H15NO4. The van der Waals surface area contributed by atoms with Gasteiger partial charge < -0.3 is 10.1 Å². The zero-order valence-corrected chi connectivity index (χ0v) is 10.6. The molecule has 1 saturated carbocycles. The second kappa shape index (κ2) is 5.65. The Balaban J connectivity index is 2.14. The number of rotatable bonds is 5. The molecule has 1 N–H and O–H groups in total. The molecule has 2 rings (SSSR count). The van der Waals surface area contributed by atoms with E-state index in [-0.39, 0.29) is 11.8 Å². The molecule has 1 aliphatic carbocycles. The maximum absolute atomic E-state index is 12.2. The summed E-state index contributed by atoms with van der Waals surface area (Å²) in [6.07, 6.45) is 1.61. The number of carbonyl (C=O) groups excluding carboxylic acids is 3. The summed E-state index contributed by atoms with van der Waals surface area (Å²) in [4.78, 5) is 35.6. The van der Waals surface area contributed by atoms with Gasteiger partial charge in [0.15, 0.2) is 11.8 Å². The molecule has 0 saturated heterocycles. The Morgan fingerprint density at radius 2 is 1.84 bits per heavy atom. The number of carbonyl (C=O) groups is 3. The number of Topliss-reactive ketones (excluding diaryl/α,β-unsaturated/α-hetero) is 1. The number of amides is 1. The number of hydrogen-bond acceptors (Lipinski definition) is 4. The van der Waals surface area contributed by atoms with Gasteiger partial charge in [-0.1, -0.05) is 30.3 Å². The van der Waals surface area contributed by atoms with Gasteiger partial charge in [0.1, 0.15) is 0 Å². The van der Waals surface area contributed by atoms with Crippen molar-refractivity contribution in [1.29, 1.82) is 0 Å². The Kier molecular flexibility index (Phi) is 3.94. The predicted octanol–water partition coefficient (Wildman–Crippen LogP) is 0.937. The quantitative estimate of drug-likeness (QED) is 0.486. The van der Waals surface area contributed by atoms with Crippen LogP contribution in [0, 0.1) is 5.92 Å². The lowest BCUT2D eigenvalue weighted by Gasteiger charge is -2.15. The molecule has 0 spiro atoms. The van der Waals surface area contributed by atoms with Gasteiger partial charge in [0.05, 0.1) is 7.11 Å². The highest BCUT2D eigenvalue weighted by atomic mass is 16.5. The molecule has 1 aromatic rings. The molecule has 1 atom stereocenters. The summed E-state index contributed by atoms with van der Waals surface area (Å²) in [5, 5.41) is 2.46. The Bertz CT molecular complexity index is 493. The zero-order valence-electron chi connectivity index (χ0n) is 10.6. The van der Waals surface area contributed by atoms with Crippen LogP contribution in [-0.4, -0.2) is 30.8 Å². The fraction of sp³-hybridized carbons (Fsp3) is 0.357. The SMILES string of the molecule is COC(=O)C(NC(=O)C1CC1)C(=O)c1ccccc1. The molecule has 0 aromatic heterocycles. The van der Waals surface area contributed by atoms with Crippen LogP contribution >= 0.6 is 0 Å². The average Bonchev–Trinajstić information content (AvgIpc) is 3.28. The minimum atomic E-state index is -1.26. The van der Waals surface area contributed by atoms with E-state index in [1.165, 1.54) is 7.11 Å². The zero-order chi connectivity index (χ0) is 13.8. The third kappa shape index (κ3) is 3.19. The first kappa shape index (κ1) is 13.3. The van der Waals surface area contributed by atoms with Crippen LogP contribution in [0.1, 0.15) is 23.2 Å². The molecule has 1 aromatic carbocycles. The van der Waals surface area contributed by atoms with Crippen molar-refractivity contribution in [2.24, 2.45) is 5.92 Å². The van der Waals surface area contributed by atoms with Gasteiger partial charge in [-0.05, 0) is 12.8 Å². The molecular weight excluding hydrogens is 246 g/mol. The maximum Gasteiger partial charge on any atom is 0.336 e. The lowest BCUT2D eigenvalue weighted by atomic mass is 10.0. The Morgan fingerprint density at radius 3 is 2.37 bits per heavy atom. The first-order valence-electron chi connectivity index (χ1n) is 6.11. The predicted molar refractivity (Wildman–Crippen MR) is 67.4 cm³/mol. The van der Waals surface area contributed by atoms with E-state index in [0.717, 1.165) is 12.8 Å². The van der Waals surface area contributed by atoms with Gasteiger partial charge in [0.25, 0.3) is 0 Å². The van der Waals surface area contributed by atoms with E-state index in [1.54, 1.807) is 30.3 Å². The van der Waals surface area contributed by atoms with Crippen molar-refractivity contribution in [3.05, 3.63) is 35.9 Å². The van der Waals surface area contributed by atoms with Gasteiger partial charge in [-0.25, -0.2) is 4.79 Å². The van der Waals surface area contributed by atoms with Gasteiger partial charge in [-0.3, -0.25) is 9.59 Å². The molecule has 1 unspecified atom stereocenters. The van der Waals surface area contributed by atoms with Crippen LogP contribution in [0.15, 0.2) is 30.3 Å². The maximum atomic E-state index is 12.2. The minimum Gasteiger partial charge on any atom is -0.467 e. The first-order valence-corrected chi connectivity index (χ1v) is 6.11. The van der Waals surface area contributed by atoms with Crippen LogP contribution in [0.25, 0.3) is 0 Å². The summed E-state index contributed by atoms with van der Waals surface area (Å²) in [5.74, 6) is -1.54. The number of hydrogen-bond donors (Lipinski definition) is 1. The van der Waals surface area contributed by atoms with Crippen LogP contribution in [0.5, 0.6) is 0 Å². The molecule has 0 bridgehead atoms. The molecule has 100 valence electrons. The number of esters is 1. The molecule has 0 heterocycles. The molecule has 0 radical (unpaired) electrons. The molecule has 0 aliphatic heterocycles.